The molecule has 0 aliphatic carbocycles. The molecule has 4 rings (SSSR count). The number of aliphatic hydroxyl groups is 1. The van der Waals surface area contributed by atoms with Crippen LogP contribution in [0.3, 0.4) is 0 Å². The van der Waals surface area contributed by atoms with Crippen LogP contribution in [0.15, 0.2) is 53.9 Å². The van der Waals surface area contributed by atoms with Gasteiger partial charge < -0.3 is 9.67 Å². The number of Topliss-reactive ketones (excluding diaryl/α,β-unsaturated/α-hetero) is 1. The molecule has 0 spiro atoms. The summed E-state index contributed by atoms with van der Waals surface area (Å²) in [5, 5.41) is 13.2. The second-order valence-corrected chi connectivity index (χ2v) is 7.15. The summed E-state index contributed by atoms with van der Waals surface area (Å²) in [6.45, 7) is 2.01. The third-order valence-electron chi connectivity index (χ3n) is 4.60. The van der Waals surface area contributed by atoms with Gasteiger partial charge >= 0.3 is 0 Å². The molecule has 5 heteroatoms. The zero-order valence-corrected chi connectivity index (χ0v) is 15.0. The minimum atomic E-state index is -0.00678. The van der Waals surface area contributed by atoms with Gasteiger partial charge in [-0.1, -0.05) is 6.07 Å². The predicted octanol–water partition coefficient (Wildman–Crippen LogP) is 4.28. The topological polar surface area (TPSA) is 59.3 Å². The van der Waals surface area contributed by atoms with Crippen molar-refractivity contribution in [1.29, 1.82) is 0 Å². The molecule has 0 saturated heterocycles. The molecule has 130 valence electrons. The van der Waals surface area contributed by atoms with E-state index in [1.54, 1.807) is 13.0 Å². The van der Waals surface area contributed by atoms with E-state index >= 15 is 0 Å². The molecule has 0 unspecified atom stereocenters. The SMILES string of the molecule is CC(=O)c1ccc2c(c1)c1cc(C(=O)c3cccs3)ccc1n2CCO. The Balaban J connectivity index is 1.98. The Labute approximate surface area is 154 Å². The minimum absolute atomic E-state index is 0.000717. The lowest BCUT2D eigenvalue weighted by atomic mass is 10.0. The summed E-state index contributed by atoms with van der Waals surface area (Å²) in [4.78, 5) is 25.2. The summed E-state index contributed by atoms with van der Waals surface area (Å²) in [7, 11) is 0. The zero-order chi connectivity index (χ0) is 18.3. The molecule has 0 fully saturated rings. The van der Waals surface area contributed by atoms with Gasteiger partial charge in [0, 0.05) is 39.5 Å². The number of aliphatic hydroxyl groups excluding tert-OH is 1. The van der Waals surface area contributed by atoms with Gasteiger partial charge in [0.1, 0.15) is 0 Å². The van der Waals surface area contributed by atoms with Crippen LogP contribution in [-0.4, -0.2) is 27.8 Å². The van der Waals surface area contributed by atoms with E-state index in [4.69, 9.17) is 0 Å². The summed E-state index contributed by atoms with van der Waals surface area (Å²) < 4.78 is 2.02. The van der Waals surface area contributed by atoms with Gasteiger partial charge in [0.05, 0.1) is 11.5 Å². The molecule has 4 nitrogen and oxygen atoms in total. The van der Waals surface area contributed by atoms with Crippen LogP contribution in [0.5, 0.6) is 0 Å². The molecular formula is C21H17NO3S. The lowest BCUT2D eigenvalue weighted by Crippen LogP contribution is -2.02. The van der Waals surface area contributed by atoms with E-state index in [-0.39, 0.29) is 18.2 Å². The Bertz CT molecular complexity index is 1140. The number of hydrogen-bond acceptors (Lipinski definition) is 4. The molecule has 0 amide bonds. The highest BCUT2D eigenvalue weighted by Crippen LogP contribution is 2.31. The quantitative estimate of drug-likeness (QED) is 0.538. The van der Waals surface area contributed by atoms with Crippen LogP contribution in [-0.2, 0) is 6.54 Å². The average Bonchev–Trinajstić information content (AvgIpc) is 3.28. The standard InChI is InChI=1S/C21H17NO3S/c1-13(24)14-4-6-18-16(11-14)17-12-15(21(25)20-3-2-10-26-20)5-7-19(17)22(18)8-9-23/h2-7,10-12,23H,8-9H2,1H3. The van der Waals surface area contributed by atoms with Gasteiger partial charge in [0.25, 0.3) is 0 Å². The Morgan fingerprint density at radius 2 is 1.65 bits per heavy atom. The van der Waals surface area contributed by atoms with Gasteiger partial charge in [-0.25, -0.2) is 0 Å². The van der Waals surface area contributed by atoms with E-state index in [2.05, 4.69) is 0 Å². The van der Waals surface area contributed by atoms with Crippen LogP contribution < -0.4 is 0 Å². The molecule has 4 aromatic rings. The van der Waals surface area contributed by atoms with Crippen LogP contribution >= 0.6 is 11.3 Å². The smallest absolute Gasteiger partial charge is 0.202 e. The number of thiophene rings is 1. The van der Waals surface area contributed by atoms with Crippen molar-refractivity contribution in [2.24, 2.45) is 0 Å². The van der Waals surface area contributed by atoms with Crippen molar-refractivity contribution in [2.45, 2.75) is 13.5 Å². The molecule has 0 aliphatic heterocycles. The van der Waals surface area contributed by atoms with Crippen molar-refractivity contribution in [2.75, 3.05) is 6.61 Å². The molecule has 0 atom stereocenters. The van der Waals surface area contributed by atoms with Gasteiger partial charge in [-0.05, 0) is 54.8 Å². The maximum absolute atomic E-state index is 12.7. The van der Waals surface area contributed by atoms with Crippen molar-refractivity contribution >= 4 is 44.7 Å². The lowest BCUT2D eigenvalue weighted by molar-refractivity contribution is 0.101. The molecule has 2 aromatic carbocycles. The number of benzene rings is 2. The maximum atomic E-state index is 12.7. The van der Waals surface area contributed by atoms with Crippen molar-refractivity contribution in [1.82, 2.24) is 4.57 Å². The first kappa shape index (κ1) is 16.7. The number of aromatic nitrogens is 1. The Morgan fingerprint density at radius 3 is 2.23 bits per heavy atom. The second kappa shape index (κ2) is 6.52. The van der Waals surface area contributed by atoms with Crippen molar-refractivity contribution in [3.63, 3.8) is 0 Å². The lowest BCUT2D eigenvalue weighted by Gasteiger charge is -2.05. The number of carbonyl (C=O) groups excluding carboxylic acids is 2. The van der Waals surface area contributed by atoms with E-state index in [1.165, 1.54) is 11.3 Å². The molecule has 2 heterocycles. The minimum Gasteiger partial charge on any atom is -0.395 e. The first-order valence-corrected chi connectivity index (χ1v) is 9.24. The van der Waals surface area contributed by atoms with Gasteiger partial charge in [-0.2, -0.15) is 0 Å². The molecule has 2 aromatic heterocycles. The highest BCUT2D eigenvalue weighted by molar-refractivity contribution is 7.12. The molecule has 26 heavy (non-hydrogen) atoms. The van der Waals surface area contributed by atoms with Gasteiger partial charge in [0.15, 0.2) is 5.78 Å². The molecular weight excluding hydrogens is 346 g/mol. The van der Waals surface area contributed by atoms with Gasteiger partial charge in [-0.3, -0.25) is 9.59 Å². The largest absolute Gasteiger partial charge is 0.395 e. The molecule has 0 radical (unpaired) electrons. The van der Waals surface area contributed by atoms with Crippen molar-refractivity contribution in [3.8, 4) is 0 Å². The fourth-order valence-electron chi connectivity index (χ4n) is 3.36. The number of carbonyl (C=O) groups is 2. The predicted molar refractivity (Wildman–Crippen MR) is 104 cm³/mol. The summed E-state index contributed by atoms with van der Waals surface area (Å²) in [6, 6.07) is 14.9. The van der Waals surface area contributed by atoms with Crippen LogP contribution in [0.1, 0.15) is 32.5 Å². The van der Waals surface area contributed by atoms with Crippen LogP contribution in [0, 0.1) is 0 Å². The first-order valence-electron chi connectivity index (χ1n) is 8.36. The fourth-order valence-corrected chi connectivity index (χ4v) is 4.04. The van der Waals surface area contributed by atoms with E-state index in [9.17, 15) is 14.7 Å². The fraction of sp³-hybridized carbons (Fsp3) is 0.143. The molecule has 0 bridgehead atoms. The van der Waals surface area contributed by atoms with E-state index in [1.807, 2.05) is 52.4 Å². The average molecular weight is 363 g/mol. The van der Waals surface area contributed by atoms with E-state index in [0.29, 0.717) is 22.5 Å². The second-order valence-electron chi connectivity index (χ2n) is 6.20. The number of rotatable bonds is 5. The normalized spacial score (nSPS) is 11.3. The molecule has 1 N–H and O–H groups in total. The number of nitrogens with zero attached hydrogens (tertiary/aromatic N) is 1. The summed E-state index contributed by atoms with van der Waals surface area (Å²) >= 11 is 1.42. The zero-order valence-electron chi connectivity index (χ0n) is 14.2. The number of ketones is 2. The summed E-state index contributed by atoms with van der Waals surface area (Å²) in [6.07, 6.45) is 0. The number of fused-ring (bicyclic) bond motifs is 3. The van der Waals surface area contributed by atoms with E-state index < -0.39 is 0 Å². The highest BCUT2D eigenvalue weighted by Gasteiger charge is 2.16. The highest BCUT2D eigenvalue weighted by atomic mass is 32.1. The Kier molecular flexibility index (Phi) is 4.18. The molecule has 0 saturated carbocycles. The third-order valence-corrected chi connectivity index (χ3v) is 5.47. The summed E-state index contributed by atoms with van der Waals surface area (Å²) in [5.74, 6) is -0.00606. The van der Waals surface area contributed by atoms with Crippen LogP contribution in [0.4, 0.5) is 0 Å². The van der Waals surface area contributed by atoms with Crippen LogP contribution in [0.25, 0.3) is 21.8 Å². The maximum Gasteiger partial charge on any atom is 0.202 e. The number of hydrogen-bond donors (Lipinski definition) is 1. The van der Waals surface area contributed by atoms with E-state index in [0.717, 1.165) is 21.8 Å². The van der Waals surface area contributed by atoms with Crippen LogP contribution in [0.2, 0.25) is 0 Å². The Morgan fingerprint density at radius 1 is 1.00 bits per heavy atom. The Hall–Kier alpha value is -2.76. The van der Waals surface area contributed by atoms with Gasteiger partial charge in [0.2, 0.25) is 5.78 Å². The van der Waals surface area contributed by atoms with Crippen molar-refractivity contribution in [3.05, 3.63) is 69.9 Å². The molecule has 0 aliphatic rings. The summed E-state index contributed by atoms with van der Waals surface area (Å²) in [5.41, 5.74) is 3.14. The van der Waals surface area contributed by atoms with Crippen molar-refractivity contribution < 1.29 is 14.7 Å². The monoisotopic (exact) mass is 363 g/mol. The third kappa shape index (κ3) is 2.66. The first-order chi connectivity index (χ1) is 12.6. The van der Waals surface area contributed by atoms with Gasteiger partial charge in [-0.15, -0.1) is 11.3 Å².